The fraction of sp³-hybridized carbons (Fsp3) is 0.250. The van der Waals surface area contributed by atoms with Gasteiger partial charge >= 0.3 is 0 Å². The molecule has 0 bridgehead atoms. The van der Waals surface area contributed by atoms with E-state index in [1.807, 2.05) is 32.1 Å². The Kier molecular flexibility index (Phi) is 4.06. The number of carbonyl (C=O) groups excluding carboxylic acids is 1. The zero-order valence-corrected chi connectivity index (χ0v) is 14.3. The van der Waals surface area contributed by atoms with Crippen LogP contribution in [0.2, 0.25) is 0 Å². The van der Waals surface area contributed by atoms with Crippen LogP contribution in [-0.2, 0) is 0 Å². The van der Waals surface area contributed by atoms with Gasteiger partial charge in [-0.1, -0.05) is 12.1 Å². The molecule has 0 spiro atoms. The molecule has 3 rings (SSSR count). The number of hydrogen-bond donors (Lipinski definition) is 0. The van der Waals surface area contributed by atoms with Crippen LogP contribution in [0.4, 0.5) is 0 Å². The molecule has 0 saturated heterocycles. The number of ether oxygens (including phenoxy) is 3. The molecular weight excluding hydrogens is 304 g/mol. The lowest BCUT2D eigenvalue weighted by Gasteiger charge is -2.30. The molecule has 0 amide bonds. The Morgan fingerprint density at radius 2 is 1.88 bits per heavy atom. The largest absolute Gasteiger partial charge is 0.497 e. The van der Waals surface area contributed by atoms with E-state index < -0.39 is 5.60 Å². The van der Waals surface area contributed by atoms with Crippen molar-refractivity contribution in [3.05, 3.63) is 59.2 Å². The molecule has 0 N–H and O–H groups in total. The van der Waals surface area contributed by atoms with E-state index in [4.69, 9.17) is 14.2 Å². The number of carbonyl (C=O) groups is 1. The Bertz CT molecular complexity index is 818. The summed E-state index contributed by atoms with van der Waals surface area (Å²) in [7, 11) is 3.18. The third-order valence-corrected chi connectivity index (χ3v) is 3.97. The molecule has 2 aromatic rings. The van der Waals surface area contributed by atoms with Gasteiger partial charge in [0.1, 0.15) is 22.8 Å². The molecular formula is C20H20O4. The zero-order chi connectivity index (χ0) is 17.3. The van der Waals surface area contributed by atoms with Crippen molar-refractivity contribution in [2.45, 2.75) is 19.4 Å². The maximum atomic E-state index is 13.0. The lowest BCUT2D eigenvalue weighted by molar-refractivity contribution is 0.102. The van der Waals surface area contributed by atoms with E-state index in [0.717, 1.165) is 5.56 Å². The Hall–Kier alpha value is -2.75. The normalized spacial score (nSPS) is 14.5. The van der Waals surface area contributed by atoms with E-state index >= 15 is 0 Å². The van der Waals surface area contributed by atoms with Crippen LogP contribution in [0, 0.1) is 0 Å². The molecule has 4 nitrogen and oxygen atoms in total. The van der Waals surface area contributed by atoms with Gasteiger partial charge in [-0.3, -0.25) is 4.79 Å². The fourth-order valence-corrected chi connectivity index (χ4v) is 2.71. The second kappa shape index (κ2) is 6.04. The number of methoxy groups -OCH3 is 2. The average Bonchev–Trinajstić information content (AvgIpc) is 2.59. The molecule has 0 fully saturated rings. The van der Waals surface area contributed by atoms with Gasteiger partial charge in [0.2, 0.25) is 0 Å². The molecule has 0 aliphatic carbocycles. The lowest BCUT2D eigenvalue weighted by Crippen LogP contribution is -2.28. The predicted octanol–water partition coefficient (Wildman–Crippen LogP) is 4.12. The molecule has 0 radical (unpaired) electrons. The van der Waals surface area contributed by atoms with Crippen molar-refractivity contribution in [2.75, 3.05) is 14.2 Å². The standard InChI is InChI=1S/C20H20O4/c1-20(2)11-10-15-17(23-4)9-8-16(19(15)24-20)18(21)13-6-5-7-14(12-13)22-3/h5-12H,1-4H3. The summed E-state index contributed by atoms with van der Waals surface area (Å²) in [5, 5.41) is 0. The van der Waals surface area contributed by atoms with Gasteiger partial charge in [-0.05, 0) is 50.3 Å². The van der Waals surface area contributed by atoms with E-state index in [-0.39, 0.29) is 5.78 Å². The van der Waals surface area contributed by atoms with Crippen LogP contribution in [-0.4, -0.2) is 25.6 Å². The SMILES string of the molecule is COc1cccc(C(=O)c2ccc(OC)c3c2OC(C)(C)C=C3)c1. The molecule has 1 heterocycles. The minimum Gasteiger partial charge on any atom is -0.497 e. The molecule has 24 heavy (non-hydrogen) atoms. The third-order valence-electron chi connectivity index (χ3n) is 3.97. The highest BCUT2D eigenvalue weighted by Crippen LogP contribution is 2.40. The van der Waals surface area contributed by atoms with Crippen LogP contribution in [0.25, 0.3) is 6.08 Å². The molecule has 124 valence electrons. The van der Waals surface area contributed by atoms with Gasteiger partial charge < -0.3 is 14.2 Å². The fourth-order valence-electron chi connectivity index (χ4n) is 2.71. The quantitative estimate of drug-likeness (QED) is 0.794. The van der Waals surface area contributed by atoms with E-state index in [9.17, 15) is 4.79 Å². The Morgan fingerprint density at radius 3 is 2.58 bits per heavy atom. The number of fused-ring (bicyclic) bond motifs is 1. The molecule has 0 aromatic heterocycles. The third kappa shape index (κ3) is 2.87. The van der Waals surface area contributed by atoms with Crippen LogP contribution in [0.5, 0.6) is 17.2 Å². The maximum Gasteiger partial charge on any atom is 0.196 e. The molecule has 1 aliphatic heterocycles. The molecule has 0 saturated carbocycles. The summed E-state index contributed by atoms with van der Waals surface area (Å²) >= 11 is 0. The molecule has 2 aromatic carbocycles. The number of hydrogen-bond acceptors (Lipinski definition) is 4. The highest BCUT2D eigenvalue weighted by molar-refractivity contribution is 6.11. The van der Waals surface area contributed by atoms with Crippen molar-refractivity contribution < 1.29 is 19.0 Å². The summed E-state index contributed by atoms with van der Waals surface area (Å²) < 4.78 is 16.7. The van der Waals surface area contributed by atoms with Crippen molar-refractivity contribution in [3.63, 3.8) is 0 Å². The van der Waals surface area contributed by atoms with E-state index in [1.54, 1.807) is 44.6 Å². The predicted molar refractivity (Wildman–Crippen MR) is 93.2 cm³/mol. The average molecular weight is 324 g/mol. The second-order valence-electron chi connectivity index (χ2n) is 6.16. The summed E-state index contributed by atoms with van der Waals surface area (Å²) in [6.07, 6.45) is 3.90. The first-order valence-electron chi connectivity index (χ1n) is 7.73. The topological polar surface area (TPSA) is 44.8 Å². The Balaban J connectivity index is 2.12. The van der Waals surface area contributed by atoms with Crippen molar-refractivity contribution >= 4 is 11.9 Å². The van der Waals surface area contributed by atoms with Crippen molar-refractivity contribution in [2.24, 2.45) is 0 Å². The summed E-state index contributed by atoms with van der Waals surface area (Å²) in [5.74, 6) is 1.76. The number of ketones is 1. The van der Waals surface area contributed by atoms with E-state index in [2.05, 4.69) is 0 Å². The van der Waals surface area contributed by atoms with Crippen LogP contribution < -0.4 is 14.2 Å². The van der Waals surface area contributed by atoms with Crippen LogP contribution in [0.1, 0.15) is 35.3 Å². The van der Waals surface area contributed by atoms with Gasteiger partial charge in [0.15, 0.2) is 5.78 Å². The Morgan fingerprint density at radius 1 is 1.08 bits per heavy atom. The van der Waals surface area contributed by atoms with Crippen molar-refractivity contribution in [1.82, 2.24) is 0 Å². The van der Waals surface area contributed by atoms with Crippen molar-refractivity contribution in [1.29, 1.82) is 0 Å². The van der Waals surface area contributed by atoms with Gasteiger partial charge in [-0.2, -0.15) is 0 Å². The minimum atomic E-state index is -0.483. The van der Waals surface area contributed by atoms with Gasteiger partial charge in [-0.15, -0.1) is 0 Å². The summed E-state index contributed by atoms with van der Waals surface area (Å²) in [6.45, 7) is 3.90. The van der Waals surface area contributed by atoms with Crippen molar-refractivity contribution in [3.8, 4) is 17.2 Å². The lowest BCUT2D eigenvalue weighted by atomic mass is 9.95. The zero-order valence-electron chi connectivity index (χ0n) is 14.3. The first kappa shape index (κ1) is 16.1. The molecule has 0 unspecified atom stereocenters. The van der Waals surface area contributed by atoms with Gasteiger partial charge in [0, 0.05) is 5.56 Å². The minimum absolute atomic E-state index is 0.112. The first-order valence-corrected chi connectivity index (χ1v) is 7.73. The van der Waals surface area contributed by atoms with Gasteiger partial charge in [0.25, 0.3) is 0 Å². The highest BCUT2D eigenvalue weighted by Gasteiger charge is 2.28. The van der Waals surface area contributed by atoms with E-state index in [1.165, 1.54) is 0 Å². The molecule has 0 atom stereocenters. The highest BCUT2D eigenvalue weighted by atomic mass is 16.5. The monoisotopic (exact) mass is 324 g/mol. The number of benzene rings is 2. The van der Waals surface area contributed by atoms with Crippen LogP contribution in [0.15, 0.2) is 42.5 Å². The Labute approximate surface area is 141 Å². The summed E-state index contributed by atoms with van der Waals surface area (Å²) in [6, 6.07) is 10.6. The van der Waals surface area contributed by atoms with Gasteiger partial charge in [0.05, 0.1) is 25.3 Å². The molecule has 4 heteroatoms. The summed E-state index contributed by atoms with van der Waals surface area (Å²) in [5.41, 5.74) is 1.36. The van der Waals surface area contributed by atoms with Gasteiger partial charge in [-0.25, -0.2) is 0 Å². The summed E-state index contributed by atoms with van der Waals surface area (Å²) in [4.78, 5) is 13.0. The maximum absolute atomic E-state index is 13.0. The van der Waals surface area contributed by atoms with Crippen LogP contribution >= 0.6 is 0 Å². The molecule has 1 aliphatic rings. The van der Waals surface area contributed by atoms with Crippen LogP contribution in [0.3, 0.4) is 0 Å². The van der Waals surface area contributed by atoms with E-state index in [0.29, 0.717) is 28.4 Å². The second-order valence-corrected chi connectivity index (χ2v) is 6.16. The number of rotatable bonds is 4. The first-order chi connectivity index (χ1) is 11.4. The smallest absolute Gasteiger partial charge is 0.196 e.